The smallest absolute Gasteiger partial charge is 0.278 e. The van der Waals surface area contributed by atoms with Gasteiger partial charge in [-0.15, -0.1) is 0 Å². The van der Waals surface area contributed by atoms with Crippen molar-refractivity contribution in [1.82, 2.24) is 9.80 Å². The van der Waals surface area contributed by atoms with Crippen LogP contribution in [-0.2, 0) is 16.1 Å². The van der Waals surface area contributed by atoms with Crippen LogP contribution in [-0.4, -0.2) is 47.8 Å². The molecule has 3 heterocycles. The highest BCUT2D eigenvalue weighted by Crippen LogP contribution is 2.34. The normalized spacial score (nSPS) is 16.8. The molecule has 0 atom stereocenters. The van der Waals surface area contributed by atoms with E-state index in [1.807, 2.05) is 50.2 Å². The quantitative estimate of drug-likeness (QED) is 0.560. The molecule has 3 aromatic rings. The van der Waals surface area contributed by atoms with Crippen molar-refractivity contribution in [1.29, 1.82) is 0 Å². The van der Waals surface area contributed by atoms with Crippen molar-refractivity contribution in [3.63, 3.8) is 0 Å². The van der Waals surface area contributed by atoms with Gasteiger partial charge in [0.15, 0.2) is 0 Å². The molecule has 2 amide bonds. The van der Waals surface area contributed by atoms with Gasteiger partial charge in [-0.05, 0) is 54.8 Å². The van der Waals surface area contributed by atoms with Crippen LogP contribution in [0, 0.1) is 13.8 Å². The molecule has 1 fully saturated rings. The van der Waals surface area contributed by atoms with Gasteiger partial charge in [-0.3, -0.25) is 14.5 Å². The topological polar surface area (TPSA) is 57.0 Å². The third-order valence-corrected chi connectivity index (χ3v) is 6.55. The van der Waals surface area contributed by atoms with Crippen LogP contribution in [0.3, 0.4) is 0 Å². The van der Waals surface area contributed by atoms with E-state index in [-0.39, 0.29) is 18.4 Å². The molecular formula is C27H27N3O3. The van der Waals surface area contributed by atoms with E-state index < -0.39 is 0 Å². The molecule has 5 rings (SSSR count). The maximum absolute atomic E-state index is 13.6. The Morgan fingerprint density at radius 1 is 0.788 bits per heavy atom. The summed E-state index contributed by atoms with van der Waals surface area (Å²) in [6.45, 7) is 7.12. The summed E-state index contributed by atoms with van der Waals surface area (Å²) in [5.74, 6) is 0.0733. The Labute approximate surface area is 193 Å². The molecule has 2 aliphatic heterocycles. The van der Waals surface area contributed by atoms with Gasteiger partial charge in [0.25, 0.3) is 11.8 Å². The molecule has 0 saturated carbocycles. The standard InChI is InChI=1S/C27H27N3O3/c1-19-10-11-21(17-20(19)2)24-25(27(32)30(26(24)31)18-23-9-6-16-33-23)29-14-12-28(13-15-29)22-7-4-3-5-8-22/h3-11,16-17H,12-15,18H2,1-2H3. The summed E-state index contributed by atoms with van der Waals surface area (Å²) >= 11 is 0. The van der Waals surface area contributed by atoms with Gasteiger partial charge >= 0.3 is 0 Å². The first-order valence-corrected chi connectivity index (χ1v) is 11.3. The number of piperazine rings is 1. The molecule has 0 N–H and O–H groups in total. The van der Waals surface area contributed by atoms with E-state index in [1.165, 1.54) is 10.6 Å². The first-order chi connectivity index (χ1) is 16.0. The summed E-state index contributed by atoms with van der Waals surface area (Å²) in [7, 11) is 0. The minimum atomic E-state index is -0.264. The Kier molecular flexibility index (Phi) is 5.50. The molecule has 6 nitrogen and oxygen atoms in total. The summed E-state index contributed by atoms with van der Waals surface area (Å²) in [4.78, 5) is 32.8. The number of hydrogen-bond acceptors (Lipinski definition) is 5. The van der Waals surface area contributed by atoms with Gasteiger partial charge in [-0.2, -0.15) is 0 Å². The minimum absolute atomic E-state index is 0.131. The molecule has 0 bridgehead atoms. The lowest BCUT2D eigenvalue weighted by Gasteiger charge is -2.37. The molecule has 168 valence electrons. The van der Waals surface area contributed by atoms with Gasteiger partial charge in [0.1, 0.15) is 11.5 Å². The minimum Gasteiger partial charge on any atom is -0.467 e. The highest BCUT2D eigenvalue weighted by atomic mass is 16.3. The van der Waals surface area contributed by atoms with Crippen LogP contribution >= 0.6 is 0 Å². The molecule has 0 radical (unpaired) electrons. The lowest BCUT2D eigenvalue weighted by atomic mass is 9.99. The average molecular weight is 442 g/mol. The number of carbonyl (C=O) groups is 2. The number of anilines is 1. The first kappa shape index (κ1) is 21.1. The number of carbonyl (C=O) groups excluding carboxylic acids is 2. The van der Waals surface area contributed by atoms with Crippen LogP contribution in [0.4, 0.5) is 5.69 Å². The Hall–Kier alpha value is -3.80. The Morgan fingerprint density at radius 3 is 2.18 bits per heavy atom. The third kappa shape index (κ3) is 3.93. The van der Waals surface area contributed by atoms with Crippen molar-refractivity contribution in [2.45, 2.75) is 20.4 Å². The zero-order valence-corrected chi connectivity index (χ0v) is 19.0. The van der Waals surface area contributed by atoms with Crippen molar-refractivity contribution < 1.29 is 14.0 Å². The van der Waals surface area contributed by atoms with E-state index >= 15 is 0 Å². The van der Waals surface area contributed by atoms with Crippen molar-refractivity contribution in [2.24, 2.45) is 0 Å². The number of para-hydroxylation sites is 1. The Balaban J connectivity index is 1.48. The van der Waals surface area contributed by atoms with E-state index in [0.29, 0.717) is 30.1 Å². The van der Waals surface area contributed by atoms with Crippen LogP contribution in [0.5, 0.6) is 0 Å². The van der Waals surface area contributed by atoms with Gasteiger partial charge in [0.05, 0.1) is 18.4 Å². The van der Waals surface area contributed by atoms with Crippen LogP contribution in [0.1, 0.15) is 22.5 Å². The number of benzene rings is 2. The Bertz CT molecular complexity index is 1210. The largest absolute Gasteiger partial charge is 0.467 e. The summed E-state index contributed by atoms with van der Waals surface area (Å²) in [5.41, 5.74) is 5.21. The van der Waals surface area contributed by atoms with Crippen LogP contribution in [0.15, 0.2) is 77.0 Å². The number of nitrogens with zero attached hydrogens (tertiary/aromatic N) is 3. The zero-order chi connectivity index (χ0) is 22.9. The van der Waals surface area contributed by atoms with Crippen LogP contribution < -0.4 is 4.90 Å². The monoisotopic (exact) mass is 441 g/mol. The second-order valence-corrected chi connectivity index (χ2v) is 8.61. The maximum atomic E-state index is 13.6. The number of rotatable bonds is 5. The second kappa shape index (κ2) is 8.62. The Morgan fingerprint density at radius 2 is 1.52 bits per heavy atom. The molecule has 6 heteroatoms. The number of hydrogen-bond donors (Lipinski definition) is 0. The van der Waals surface area contributed by atoms with Gasteiger partial charge in [0, 0.05) is 31.9 Å². The highest BCUT2D eigenvalue weighted by molar-refractivity contribution is 6.35. The van der Waals surface area contributed by atoms with E-state index in [0.717, 1.165) is 29.8 Å². The summed E-state index contributed by atoms with van der Waals surface area (Å²) in [6.07, 6.45) is 1.56. The van der Waals surface area contributed by atoms with Gasteiger partial charge in [-0.1, -0.05) is 36.4 Å². The number of furan rings is 1. The van der Waals surface area contributed by atoms with E-state index in [9.17, 15) is 9.59 Å². The fourth-order valence-electron chi connectivity index (χ4n) is 4.54. The lowest BCUT2D eigenvalue weighted by Crippen LogP contribution is -2.47. The second-order valence-electron chi connectivity index (χ2n) is 8.61. The molecule has 2 aromatic carbocycles. The van der Waals surface area contributed by atoms with Crippen molar-refractivity contribution in [3.8, 4) is 0 Å². The SMILES string of the molecule is Cc1ccc(C2=C(N3CCN(c4ccccc4)CC3)C(=O)N(Cc3ccco3)C2=O)cc1C. The van der Waals surface area contributed by atoms with Crippen molar-refractivity contribution in [3.05, 3.63) is 95.1 Å². The third-order valence-electron chi connectivity index (χ3n) is 6.55. The van der Waals surface area contributed by atoms with E-state index in [1.54, 1.807) is 18.4 Å². The molecule has 2 aliphatic rings. The first-order valence-electron chi connectivity index (χ1n) is 11.3. The summed E-state index contributed by atoms with van der Waals surface area (Å²) < 4.78 is 5.43. The number of imide groups is 1. The van der Waals surface area contributed by atoms with Gasteiger partial charge in [0.2, 0.25) is 0 Å². The number of amides is 2. The molecule has 1 aromatic heterocycles. The maximum Gasteiger partial charge on any atom is 0.278 e. The van der Waals surface area contributed by atoms with Gasteiger partial charge in [-0.25, -0.2) is 0 Å². The fourth-order valence-corrected chi connectivity index (χ4v) is 4.54. The molecule has 0 aliphatic carbocycles. The van der Waals surface area contributed by atoms with Gasteiger partial charge < -0.3 is 14.2 Å². The van der Waals surface area contributed by atoms with E-state index in [2.05, 4.69) is 21.9 Å². The molecule has 1 saturated heterocycles. The van der Waals surface area contributed by atoms with Crippen LogP contribution in [0.25, 0.3) is 5.57 Å². The van der Waals surface area contributed by atoms with Crippen molar-refractivity contribution in [2.75, 3.05) is 31.1 Å². The lowest BCUT2D eigenvalue weighted by molar-refractivity contribution is -0.138. The highest BCUT2D eigenvalue weighted by Gasteiger charge is 2.42. The predicted octanol–water partition coefficient (Wildman–Crippen LogP) is 4.00. The molecular weight excluding hydrogens is 414 g/mol. The summed E-state index contributed by atoms with van der Waals surface area (Å²) in [6, 6.07) is 19.8. The fraction of sp³-hybridized carbons (Fsp3) is 0.259. The summed E-state index contributed by atoms with van der Waals surface area (Å²) in [5, 5.41) is 0. The van der Waals surface area contributed by atoms with Crippen molar-refractivity contribution >= 4 is 23.1 Å². The molecule has 0 spiro atoms. The molecule has 0 unspecified atom stereocenters. The number of aryl methyl sites for hydroxylation is 2. The predicted molar refractivity (Wildman–Crippen MR) is 127 cm³/mol. The zero-order valence-electron chi connectivity index (χ0n) is 19.0. The molecule has 33 heavy (non-hydrogen) atoms. The average Bonchev–Trinajstić information content (AvgIpc) is 3.44. The van der Waals surface area contributed by atoms with E-state index in [4.69, 9.17) is 4.42 Å². The van der Waals surface area contributed by atoms with Crippen LogP contribution in [0.2, 0.25) is 0 Å².